The Bertz CT molecular complexity index is 869. The summed E-state index contributed by atoms with van der Waals surface area (Å²) in [6.07, 6.45) is -3.41. The van der Waals surface area contributed by atoms with Crippen molar-refractivity contribution in [2.75, 3.05) is 6.54 Å². The van der Waals surface area contributed by atoms with Crippen LogP contribution in [0.25, 0.3) is 0 Å². The minimum absolute atomic E-state index is 0.224. The van der Waals surface area contributed by atoms with Crippen LogP contribution in [-0.2, 0) is 6.42 Å². The SMILES string of the molecule is NC(=O)c1ccc(Oc2ccc3c(c2)CCC3NCC(F)(F)C(F)(F)F)nc1. The van der Waals surface area contributed by atoms with Crippen LogP contribution in [0.3, 0.4) is 0 Å². The fourth-order valence-electron chi connectivity index (χ4n) is 2.93. The first-order chi connectivity index (χ1) is 13.1. The van der Waals surface area contributed by atoms with Crippen LogP contribution in [0.1, 0.15) is 33.9 Å². The molecule has 10 heteroatoms. The molecule has 1 aromatic carbocycles. The summed E-state index contributed by atoms with van der Waals surface area (Å²) < 4.78 is 68.7. The second kappa shape index (κ2) is 7.34. The van der Waals surface area contributed by atoms with Crippen LogP contribution in [0.5, 0.6) is 11.6 Å². The zero-order chi connectivity index (χ0) is 20.5. The summed E-state index contributed by atoms with van der Waals surface area (Å²) in [5, 5.41) is 2.30. The van der Waals surface area contributed by atoms with Crippen LogP contribution in [0, 0.1) is 0 Å². The number of nitrogens with two attached hydrogens (primary N) is 1. The molecule has 2 aromatic rings. The van der Waals surface area contributed by atoms with Gasteiger partial charge in [0, 0.05) is 18.3 Å². The molecule has 0 aliphatic heterocycles. The molecular weight excluding hydrogens is 385 g/mol. The van der Waals surface area contributed by atoms with E-state index >= 15 is 0 Å². The molecule has 0 spiro atoms. The van der Waals surface area contributed by atoms with Gasteiger partial charge in [0.15, 0.2) is 0 Å². The number of aromatic nitrogens is 1. The van der Waals surface area contributed by atoms with E-state index in [4.69, 9.17) is 10.5 Å². The number of rotatable bonds is 6. The highest BCUT2D eigenvalue weighted by atomic mass is 19.4. The van der Waals surface area contributed by atoms with E-state index in [9.17, 15) is 26.7 Å². The summed E-state index contributed by atoms with van der Waals surface area (Å²) in [6, 6.07) is 7.21. The Labute approximate surface area is 156 Å². The number of pyridine rings is 1. The Hall–Kier alpha value is -2.75. The van der Waals surface area contributed by atoms with Gasteiger partial charge in [-0.15, -0.1) is 0 Å². The Morgan fingerprint density at radius 3 is 2.57 bits per heavy atom. The lowest BCUT2D eigenvalue weighted by molar-refractivity contribution is -0.279. The van der Waals surface area contributed by atoms with Crippen molar-refractivity contribution in [3.63, 3.8) is 0 Å². The number of halogens is 5. The number of carbonyl (C=O) groups is 1. The molecule has 1 aliphatic carbocycles. The van der Waals surface area contributed by atoms with Crippen LogP contribution in [0.15, 0.2) is 36.5 Å². The number of nitrogens with one attached hydrogen (secondary N) is 1. The van der Waals surface area contributed by atoms with E-state index in [1.165, 1.54) is 18.3 Å². The molecule has 1 amide bonds. The predicted molar refractivity (Wildman–Crippen MR) is 89.3 cm³/mol. The van der Waals surface area contributed by atoms with Gasteiger partial charge in [-0.1, -0.05) is 6.07 Å². The number of primary amides is 1. The quantitative estimate of drug-likeness (QED) is 0.723. The van der Waals surface area contributed by atoms with E-state index in [1.54, 1.807) is 18.2 Å². The molecule has 0 radical (unpaired) electrons. The molecule has 1 aromatic heterocycles. The van der Waals surface area contributed by atoms with Crippen molar-refractivity contribution >= 4 is 5.91 Å². The Balaban J connectivity index is 1.67. The van der Waals surface area contributed by atoms with Gasteiger partial charge in [0.05, 0.1) is 12.1 Å². The van der Waals surface area contributed by atoms with Gasteiger partial charge in [-0.25, -0.2) is 4.98 Å². The summed E-state index contributed by atoms with van der Waals surface area (Å²) >= 11 is 0. The molecular formula is C18H16F5N3O2. The zero-order valence-electron chi connectivity index (χ0n) is 14.4. The molecule has 28 heavy (non-hydrogen) atoms. The van der Waals surface area contributed by atoms with Crippen LogP contribution in [0.4, 0.5) is 22.0 Å². The fraction of sp³-hybridized carbons (Fsp3) is 0.333. The Morgan fingerprint density at radius 1 is 1.21 bits per heavy atom. The molecule has 3 N–H and O–H groups in total. The molecule has 0 saturated carbocycles. The first kappa shape index (κ1) is 20.0. The summed E-state index contributed by atoms with van der Waals surface area (Å²) in [7, 11) is 0. The standard InChI is InChI=1S/C18H16F5N3O2/c19-17(20,18(21,22)23)9-26-14-5-1-10-7-12(3-4-13(10)14)28-15-6-2-11(8-25-15)16(24)27/h2-4,6-8,14,26H,1,5,9H2,(H2,24,27). The van der Waals surface area contributed by atoms with Gasteiger partial charge in [-0.3, -0.25) is 4.79 Å². The van der Waals surface area contributed by atoms with E-state index in [1.807, 2.05) is 0 Å². The molecule has 1 heterocycles. The average molecular weight is 401 g/mol. The molecule has 0 saturated heterocycles. The third kappa shape index (κ3) is 4.22. The van der Waals surface area contributed by atoms with E-state index < -0.39 is 30.6 Å². The number of alkyl halides is 5. The van der Waals surface area contributed by atoms with Gasteiger partial charge in [0.1, 0.15) is 5.75 Å². The monoisotopic (exact) mass is 401 g/mol. The number of ether oxygens (including phenoxy) is 1. The third-order valence-corrected chi connectivity index (χ3v) is 4.42. The highest BCUT2D eigenvalue weighted by Gasteiger charge is 2.57. The topological polar surface area (TPSA) is 77.2 Å². The van der Waals surface area contributed by atoms with Gasteiger partial charge in [-0.2, -0.15) is 22.0 Å². The van der Waals surface area contributed by atoms with Gasteiger partial charge in [0.25, 0.3) is 0 Å². The maximum absolute atomic E-state index is 13.1. The molecule has 5 nitrogen and oxygen atoms in total. The summed E-state index contributed by atoms with van der Waals surface area (Å²) in [6.45, 7) is -1.48. The first-order valence-corrected chi connectivity index (χ1v) is 8.31. The highest BCUT2D eigenvalue weighted by Crippen LogP contribution is 2.38. The number of benzene rings is 1. The zero-order valence-corrected chi connectivity index (χ0v) is 14.4. The molecule has 1 unspecified atom stereocenters. The molecule has 0 bridgehead atoms. The van der Waals surface area contributed by atoms with Gasteiger partial charge in [0.2, 0.25) is 11.8 Å². The predicted octanol–water partition coefficient (Wildman–Crippen LogP) is 3.75. The maximum Gasteiger partial charge on any atom is 0.454 e. The summed E-state index contributed by atoms with van der Waals surface area (Å²) in [4.78, 5) is 15.0. The number of carbonyl (C=O) groups excluding carboxylic acids is 1. The van der Waals surface area contributed by atoms with Crippen molar-refractivity contribution in [1.82, 2.24) is 10.3 Å². The number of hydrogen-bond donors (Lipinski definition) is 2. The minimum atomic E-state index is -5.59. The number of aryl methyl sites for hydroxylation is 1. The van der Waals surface area contributed by atoms with Crippen LogP contribution in [-0.4, -0.2) is 29.5 Å². The van der Waals surface area contributed by atoms with E-state index in [-0.39, 0.29) is 11.4 Å². The molecule has 150 valence electrons. The number of hydrogen-bond acceptors (Lipinski definition) is 4. The van der Waals surface area contributed by atoms with Crippen LogP contribution < -0.4 is 15.8 Å². The second-order valence-corrected chi connectivity index (χ2v) is 6.39. The number of amides is 1. The number of fused-ring (bicyclic) bond motifs is 1. The van der Waals surface area contributed by atoms with Crippen LogP contribution >= 0.6 is 0 Å². The van der Waals surface area contributed by atoms with Crippen molar-refractivity contribution in [2.24, 2.45) is 5.73 Å². The number of nitrogens with zero attached hydrogens (tertiary/aromatic N) is 1. The lowest BCUT2D eigenvalue weighted by atomic mass is 10.1. The average Bonchev–Trinajstić information content (AvgIpc) is 3.02. The molecule has 3 rings (SSSR count). The van der Waals surface area contributed by atoms with Gasteiger partial charge >= 0.3 is 12.1 Å². The minimum Gasteiger partial charge on any atom is -0.439 e. The highest BCUT2D eigenvalue weighted by molar-refractivity contribution is 5.92. The summed E-state index contributed by atoms with van der Waals surface area (Å²) in [5.74, 6) is -4.75. The fourth-order valence-corrected chi connectivity index (χ4v) is 2.93. The van der Waals surface area contributed by atoms with E-state index in [2.05, 4.69) is 10.3 Å². The molecule has 0 fully saturated rings. The van der Waals surface area contributed by atoms with Crippen molar-refractivity contribution in [3.8, 4) is 11.6 Å². The maximum atomic E-state index is 13.1. The van der Waals surface area contributed by atoms with Crippen molar-refractivity contribution in [2.45, 2.75) is 31.0 Å². The van der Waals surface area contributed by atoms with E-state index in [0.29, 0.717) is 24.2 Å². The Kier molecular flexibility index (Phi) is 5.24. The Morgan fingerprint density at radius 2 is 1.96 bits per heavy atom. The van der Waals surface area contributed by atoms with E-state index in [0.717, 1.165) is 5.56 Å². The van der Waals surface area contributed by atoms with Crippen LogP contribution in [0.2, 0.25) is 0 Å². The second-order valence-electron chi connectivity index (χ2n) is 6.39. The van der Waals surface area contributed by atoms with Crippen molar-refractivity contribution in [3.05, 3.63) is 53.2 Å². The molecule has 1 aliphatic rings. The smallest absolute Gasteiger partial charge is 0.439 e. The largest absolute Gasteiger partial charge is 0.454 e. The van der Waals surface area contributed by atoms with Crippen molar-refractivity contribution in [1.29, 1.82) is 0 Å². The lowest BCUT2D eigenvalue weighted by Crippen LogP contribution is -2.45. The lowest BCUT2D eigenvalue weighted by Gasteiger charge is -2.22. The summed E-state index contributed by atoms with van der Waals surface area (Å²) in [5.41, 5.74) is 6.80. The van der Waals surface area contributed by atoms with Gasteiger partial charge < -0.3 is 15.8 Å². The first-order valence-electron chi connectivity index (χ1n) is 8.31. The normalized spacial score (nSPS) is 16.7. The van der Waals surface area contributed by atoms with Gasteiger partial charge in [-0.05, 0) is 42.2 Å². The van der Waals surface area contributed by atoms with Crippen molar-refractivity contribution < 1.29 is 31.5 Å². The third-order valence-electron chi connectivity index (χ3n) is 4.42. The molecule has 1 atom stereocenters.